The molecule has 8 nitrogen and oxygen atoms in total. The summed E-state index contributed by atoms with van der Waals surface area (Å²) in [6.07, 6.45) is 1.35. The maximum Gasteiger partial charge on any atom is 0.335 e. The van der Waals surface area contributed by atoms with Gasteiger partial charge < -0.3 is 10.2 Å². The molecule has 2 heterocycles. The van der Waals surface area contributed by atoms with Crippen LogP contribution in [0.25, 0.3) is 0 Å². The van der Waals surface area contributed by atoms with Crippen LogP contribution in [-0.2, 0) is 14.4 Å². The first-order chi connectivity index (χ1) is 13.0. The zero-order valence-electron chi connectivity index (χ0n) is 15.0. The number of urea groups is 1. The number of imide groups is 2. The Kier molecular flexibility index (Phi) is 7.17. The van der Waals surface area contributed by atoms with E-state index in [1.165, 1.54) is 6.08 Å². The van der Waals surface area contributed by atoms with Gasteiger partial charge in [0.15, 0.2) is 0 Å². The van der Waals surface area contributed by atoms with E-state index in [-0.39, 0.29) is 25.0 Å². The summed E-state index contributed by atoms with van der Waals surface area (Å²) in [4.78, 5) is 52.2. The van der Waals surface area contributed by atoms with Gasteiger partial charge in [0.25, 0.3) is 0 Å². The third-order valence-electron chi connectivity index (χ3n) is 4.57. The van der Waals surface area contributed by atoms with Crippen LogP contribution in [0, 0.1) is 0 Å². The second-order valence-electron chi connectivity index (χ2n) is 6.21. The van der Waals surface area contributed by atoms with Crippen LogP contribution in [0.1, 0.15) is 11.6 Å². The molecule has 0 spiro atoms. The average Bonchev–Trinajstić information content (AvgIpc) is 2.87. The van der Waals surface area contributed by atoms with Gasteiger partial charge in [-0.1, -0.05) is 35.9 Å². The van der Waals surface area contributed by atoms with Crippen molar-refractivity contribution in [3.05, 3.63) is 47.5 Å². The number of hydrogen-bond acceptors (Lipinski definition) is 5. The minimum Gasteiger partial charge on any atom is -0.331 e. The number of piperazine rings is 1. The molecular formula is C18H20Cl2N4O4. The quantitative estimate of drug-likeness (QED) is 0.434. The molecule has 28 heavy (non-hydrogen) atoms. The van der Waals surface area contributed by atoms with Gasteiger partial charge in [-0.3, -0.25) is 19.3 Å². The molecule has 1 unspecified atom stereocenters. The highest BCUT2D eigenvalue weighted by Crippen LogP contribution is 2.28. The maximum atomic E-state index is 12.9. The monoisotopic (exact) mass is 426 g/mol. The number of nitrogens with zero attached hydrogens (tertiary/aromatic N) is 3. The second-order valence-corrected chi connectivity index (χ2v) is 6.61. The van der Waals surface area contributed by atoms with Gasteiger partial charge in [-0.2, -0.15) is 0 Å². The van der Waals surface area contributed by atoms with E-state index in [0.29, 0.717) is 29.6 Å². The van der Waals surface area contributed by atoms with Crippen molar-refractivity contribution in [1.29, 1.82) is 0 Å². The maximum absolute atomic E-state index is 12.9. The SMILES string of the molecule is C=CCN1C(=O)C(=O)N(CC(=O)N2CCNCC2c2ccccc2Cl)C1=O.Cl. The van der Waals surface area contributed by atoms with Crippen LogP contribution >= 0.6 is 24.0 Å². The van der Waals surface area contributed by atoms with Crippen LogP contribution in [0.4, 0.5) is 4.79 Å². The number of rotatable bonds is 5. The topological polar surface area (TPSA) is 90.0 Å². The van der Waals surface area contributed by atoms with Crippen molar-refractivity contribution < 1.29 is 19.2 Å². The third kappa shape index (κ3) is 4.04. The summed E-state index contributed by atoms with van der Waals surface area (Å²) in [6, 6.07) is 6.08. The molecule has 10 heteroatoms. The lowest BCUT2D eigenvalue weighted by atomic mass is 10.0. The fourth-order valence-corrected chi connectivity index (χ4v) is 3.49. The molecule has 2 aliphatic rings. The van der Waals surface area contributed by atoms with Crippen LogP contribution in [0.5, 0.6) is 0 Å². The van der Waals surface area contributed by atoms with Gasteiger partial charge in [-0.05, 0) is 11.6 Å². The van der Waals surface area contributed by atoms with E-state index >= 15 is 0 Å². The fraction of sp³-hybridized carbons (Fsp3) is 0.333. The molecule has 2 aliphatic heterocycles. The van der Waals surface area contributed by atoms with Gasteiger partial charge >= 0.3 is 17.8 Å². The van der Waals surface area contributed by atoms with E-state index < -0.39 is 30.3 Å². The molecule has 2 saturated heterocycles. The Hall–Kier alpha value is -2.42. The zero-order valence-corrected chi connectivity index (χ0v) is 16.5. The zero-order chi connectivity index (χ0) is 19.6. The average molecular weight is 427 g/mol. The predicted octanol–water partition coefficient (Wildman–Crippen LogP) is 1.21. The van der Waals surface area contributed by atoms with Crippen molar-refractivity contribution in [2.24, 2.45) is 0 Å². The van der Waals surface area contributed by atoms with Crippen LogP contribution in [0.2, 0.25) is 5.02 Å². The second kappa shape index (κ2) is 9.18. The van der Waals surface area contributed by atoms with Crippen molar-refractivity contribution in [3.8, 4) is 0 Å². The first kappa shape index (κ1) is 21.9. The van der Waals surface area contributed by atoms with Crippen molar-refractivity contribution >= 4 is 47.8 Å². The number of carbonyl (C=O) groups is 4. The molecule has 0 bridgehead atoms. The van der Waals surface area contributed by atoms with Crippen LogP contribution in [0.15, 0.2) is 36.9 Å². The largest absolute Gasteiger partial charge is 0.335 e. The Balaban J connectivity index is 0.00000280. The Bertz CT molecular complexity index is 817. The Labute approximate surface area is 173 Å². The minimum atomic E-state index is -1.00. The van der Waals surface area contributed by atoms with Gasteiger partial charge in [-0.15, -0.1) is 19.0 Å². The van der Waals surface area contributed by atoms with E-state index in [0.717, 1.165) is 10.5 Å². The number of benzene rings is 1. The van der Waals surface area contributed by atoms with Crippen LogP contribution < -0.4 is 5.32 Å². The van der Waals surface area contributed by atoms with Crippen molar-refractivity contribution in [3.63, 3.8) is 0 Å². The molecule has 150 valence electrons. The molecule has 1 aromatic carbocycles. The number of carbonyl (C=O) groups excluding carboxylic acids is 4. The molecule has 0 aromatic heterocycles. The molecule has 3 rings (SSSR count). The number of amides is 5. The van der Waals surface area contributed by atoms with Gasteiger partial charge in [-0.25, -0.2) is 9.69 Å². The highest BCUT2D eigenvalue weighted by atomic mass is 35.5. The predicted molar refractivity (Wildman–Crippen MR) is 105 cm³/mol. The van der Waals surface area contributed by atoms with E-state index in [1.807, 2.05) is 12.1 Å². The Morgan fingerprint density at radius 2 is 1.89 bits per heavy atom. The molecular weight excluding hydrogens is 407 g/mol. The normalized spacial score (nSPS) is 19.7. The summed E-state index contributed by atoms with van der Waals surface area (Å²) >= 11 is 6.27. The molecule has 2 fully saturated rings. The van der Waals surface area contributed by atoms with E-state index in [9.17, 15) is 19.2 Å². The standard InChI is InChI=1S/C18H19ClN4O4.ClH/c1-2-8-22-16(25)17(26)23(18(22)27)11-15(24)21-9-7-20-10-14(21)12-5-3-4-6-13(12)19;/h2-6,14,20H,1,7-11H2;1H. The summed E-state index contributed by atoms with van der Waals surface area (Å²) in [5.41, 5.74) is 0.781. The summed E-state index contributed by atoms with van der Waals surface area (Å²) in [6.45, 7) is 4.37. The van der Waals surface area contributed by atoms with Crippen molar-refractivity contribution in [2.75, 3.05) is 32.7 Å². The Morgan fingerprint density at radius 1 is 1.21 bits per heavy atom. The fourth-order valence-electron chi connectivity index (χ4n) is 3.23. The first-order valence-electron chi connectivity index (χ1n) is 8.48. The van der Waals surface area contributed by atoms with Crippen LogP contribution in [-0.4, -0.2) is 71.2 Å². The van der Waals surface area contributed by atoms with Crippen molar-refractivity contribution in [1.82, 2.24) is 20.0 Å². The molecule has 1 atom stereocenters. The molecule has 0 aliphatic carbocycles. The highest BCUT2D eigenvalue weighted by Gasteiger charge is 2.45. The highest BCUT2D eigenvalue weighted by molar-refractivity contribution is 6.45. The lowest BCUT2D eigenvalue weighted by molar-refractivity contribution is -0.145. The molecule has 0 saturated carbocycles. The number of nitrogens with one attached hydrogen (secondary N) is 1. The summed E-state index contributed by atoms with van der Waals surface area (Å²) in [5, 5.41) is 3.75. The Morgan fingerprint density at radius 3 is 2.57 bits per heavy atom. The third-order valence-corrected chi connectivity index (χ3v) is 4.91. The lowest BCUT2D eigenvalue weighted by Crippen LogP contribution is -2.52. The van der Waals surface area contributed by atoms with Crippen molar-refractivity contribution in [2.45, 2.75) is 6.04 Å². The minimum absolute atomic E-state index is 0. The van der Waals surface area contributed by atoms with Gasteiger partial charge in [0.1, 0.15) is 6.54 Å². The lowest BCUT2D eigenvalue weighted by Gasteiger charge is -2.37. The molecule has 0 radical (unpaired) electrons. The van der Waals surface area contributed by atoms with Crippen LogP contribution in [0.3, 0.4) is 0 Å². The van der Waals surface area contributed by atoms with E-state index in [1.54, 1.807) is 17.0 Å². The number of halogens is 2. The van der Waals surface area contributed by atoms with Gasteiger partial charge in [0.2, 0.25) is 5.91 Å². The summed E-state index contributed by atoms with van der Waals surface area (Å²) in [7, 11) is 0. The van der Waals surface area contributed by atoms with E-state index in [2.05, 4.69) is 11.9 Å². The van der Waals surface area contributed by atoms with Gasteiger partial charge in [0, 0.05) is 31.2 Å². The first-order valence-corrected chi connectivity index (χ1v) is 8.86. The van der Waals surface area contributed by atoms with Gasteiger partial charge in [0.05, 0.1) is 6.04 Å². The molecule has 1 N–H and O–H groups in total. The van der Waals surface area contributed by atoms with E-state index in [4.69, 9.17) is 11.6 Å². The summed E-state index contributed by atoms with van der Waals surface area (Å²) in [5.74, 6) is -2.37. The summed E-state index contributed by atoms with van der Waals surface area (Å²) < 4.78 is 0. The smallest absolute Gasteiger partial charge is 0.331 e. The molecule has 1 aromatic rings. The number of hydrogen-bond donors (Lipinski definition) is 1. The molecule has 5 amide bonds.